The van der Waals surface area contributed by atoms with E-state index >= 15 is 0 Å². The monoisotopic (exact) mass is 276 g/mol. The van der Waals surface area contributed by atoms with Crippen LogP contribution in [0.1, 0.15) is 5.56 Å². The summed E-state index contributed by atoms with van der Waals surface area (Å²) in [7, 11) is -5.73. The zero-order chi connectivity index (χ0) is 13.8. The number of alkyl halides is 3. The van der Waals surface area contributed by atoms with Crippen molar-refractivity contribution in [3.05, 3.63) is 42.0 Å². The molecule has 0 radical (unpaired) electrons. The highest BCUT2D eigenvalue weighted by Gasteiger charge is 2.48. The van der Waals surface area contributed by atoms with E-state index in [0.717, 1.165) is 6.08 Å². The first-order valence-electron chi connectivity index (χ1n) is 4.50. The molecule has 0 aliphatic carbocycles. The van der Waals surface area contributed by atoms with Crippen LogP contribution in [0.2, 0.25) is 0 Å². The van der Waals surface area contributed by atoms with Crippen LogP contribution in [-0.4, -0.2) is 13.9 Å². The lowest BCUT2D eigenvalue weighted by atomic mass is 10.2. The summed E-state index contributed by atoms with van der Waals surface area (Å²) in [6.07, 6.45) is 5.72. The number of benzene rings is 1. The minimum Gasteiger partial charge on any atom is -0.375 e. The topological polar surface area (TPSA) is 43.4 Å². The van der Waals surface area contributed by atoms with Crippen LogP contribution < -0.4 is 0 Å². The van der Waals surface area contributed by atoms with Crippen molar-refractivity contribution in [3.63, 3.8) is 0 Å². The predicted octanol–water partition coefficient (Wildman–Crippen LogP) is 2.53. The average Bonchev–Trinajstić information content (AvgIpc) is 2.28. The molecule has 0 fully saturated rings. The van der Waals surface area contributed by atoms with Gasteiger partial charge in [-0.25, -0.2) is 0 Å². The molecule has 7 heteroatoms. The van der Waals surface area contributed by atoms with Crippen molar-refractivity contribution in [3.8, 4) is 12.3 Å². The van der Waals surface area contributed by atoms with E-state index in [4.69, 9.17) is 6.42 Å². The Balaban J connectivity index is 3.14. The number of rotatable bonds is 3. The van der Waals surface area contributed by atoms with Crippen LogP contribution in [-0.2, 0) is 14.3 Å². The molecule has 0 saturated carbocycles. The van der Waals surface area contributed by atoms with Gasteiger partial charge in [-0.2, -0.15) is 21.6 Å². The maximum absolute atomic E-state index is 12.2. The Morgan fingerprint density at radius 2 is 1.83 bits per heavy atom. The number of hydrogen-bond donors (Lipinski definition) is 0. The first-order chi connectivity index (χ1) is 8.28. The van der Waals surface area contributed by atoms with Crippen molar-refractivity contribution in [1.29, 1.82) is 0 Å². The lowest BCUT2D eigenvalue weighted by Gasteiger charge is -2.11. The van der Waals surface area contributed by atoms with Crippen molar-refractivity contribution in [2.24, 2.45) is 0 Å². The van der Waals surface area contributed by atoms with Gasteiger partial charge in [0.05, 0.1) is 0 Å². The Labute approximate surface area is 102 Å². The minimum atomic E-state index is -5.73. The van der Waals surface area contributed by atoms with Gasteiger partial charge in [-0.1, -0.05) is 36.3 Å². The van der Waals surface area contributed by atoms with Gasteiger partial charge in [-0.3, -0.25) is 0 Å². The van der Waals surface area contributed by atoms with Crippen LogP contribution in [0.5, 0.6) is 0 Å². The standard InChI is InChI=1S/C11H7F3O3S/c1-2-6-10(9-7-4-3-5-8-9)17-18(15,16)11(12,13)14/h1,3-8H/b10-6+. The lowest BCUT2D eigenvalue weighted by Crippen LogP contribution is -2.25. The van der Waals surface area contributed by atoms with Gasteiger partial charge >= 0.3 is 15.6 Å². The van der Waals surface area contributed by atoms with Crippen LogP contribution >= 0.6 is 0 Å². The molecule has 18 heavy (non-hydrogen) atoms. The van der Waals surface area contributed by atoms with E-state index < -0.39 is 21.4 Å². The fourth-order valence-electron chi connectivity index (χ4n) is 0.999. The van der Waals surface area contributed by atoms with E-state index in [2.05, 4.69) is 4.18 Å². The Hall–Kier alpha value is -1.94. The van der Waals surface area contributed by atoms with Crippen molar-refractivity contribution in [2.75, 3.05) is 0 Å². The normalized spacial score (nSPS) is 12.9. The van der Waals surface area contributed by atoms with Gasteiger partial charge in [-0.15, -0.1) is 6.42 Å². The fourth-order valence-corrected chi connectivity index (χ4v) is 1.47. The summed E-state index contributed by atoms with van der Waals surface area (Å²) in [5.41, 5.74) is -5.38. The second-order valence-corrected chi connectivity index (χ2v) is 4.56. The highest BCUT2D eigenvalue weighted by molar-refractivity contribution is 7.87. The van der Waals surface area contributed by atoms with Crippen LogP contribution in [0.4, 0.5) is 13.2 Å². The van der Waals surface area contributed by atoms with Crippen molar-refractivity contribution < 1.29 is 25.8 Å². The zero-order valence-corrected chi connectivity index (χ0v) is 9.62. The van der Waals surface area contributed by atoms with Gasteiger partial charge in [0.15, 0.2) is 5.76 Å². The molecule has 1 aromatic rings. The first-order valence-corrected chi connectivity index (χ1v) is 5.91. The molecule has 0 saturated heterocycles. The molecule has 1 rings (SSSR count). The largest absolute Gasteiger partial charge is 0.534 e. The average molecular weight is 276 g/mol. The molecular weight excluding hydrogens is 269 g/mol. The molecule has 3 nitrogen and oxygen atoms in total. The maximum atomic E-state index is 12.2. The summed E-state index contributed by atoms with van der Waals surface area (Å²) in [6, 6.07) is 7.35. The van der Waals surface area contributed by atoms with Crippen molar-refractivity contribution in [2.45, 2.75) is 5.51 Å². The highest BCUT2D eigenvalue weighted by atomic mass is 32.2. The van der Waals surface area contributed by atoms with Crippen molar-refractivity contribution >= 4 is 15.9 Å². The highest BCUT2D eigenvalue weighted by Crippen LogP contribution is 2.29. The molecule has 0 amide bonds. The molecule has 0 aromatic heterocycles. The van der Waals surface area contributed by atoms with Gasteiger partial charge in [0, 0.05) is 11.6 Å². The van der Waals surface area contributed by atoms with Gasteiger partial charge in [0.25, 0.3) is 0 Å². The number of allylic oxidation sites excluding steroid dienone is 1. The molecule has 0 atom stereocenters. The lowest BCUT2D eigenvalue weighted by molar-refractivity contribution is -0.0509. The molecule has 0 aliphatic heterocycles. The van der Waals surface area contributed by atoms with Crippen LogP contribution in [0.25, 0.3) is 5.76 Å². The Morgan fingerprint density at radius 3 is 2.28 bits per heavy atom. The molecule has 0 unspecified atom stereocenters. The van der Waals surface area contributed by atoms with Gasteiger partial charge in [-0.05, 0) is 0 Å². The minimum absolute atomic E-state index is 0.128. The number of hydrogen-bond acceptors (Lipinski definition) is 3. The molecule has 0 heterocycles. The quantitative estimate of drug-likeness (QED) is 0.369. The van der Waals surface area contributed by atoms with E-state index in [9.17, 15) is 21.6 Å². The molecule has 0 spiro atoms. The molecule has 0 aliphatic rings. The van der Waals surface area contributed by atoms with Gasteiger partial charge in [0.1, 0.15) is 0 Å². The zero-order valence-electron chi connectivity index (χ0n) is 8.81. The van der Waals surface area contributed by atoms with Gasteiger partial charge < -0.3 is 4.18 Å². The van der Waals surface area contributed by atoms with E-state index in [0.29, 0.717) is 0 Å². The summed E-state index contributed by atoms with van der Waals surface area (Å²) >= 11 is 0. The molecule has 96 valence electrons. The summed E-state index contributed by atoms with van der Waals surface area (Å²) in [5, 5.41) is 0. The third kappa shape index (κ3) is 3.28. The third-order valence-electron chi connectivity index (χ3n) is 1.76. The molecule has 0 bridgehead atoms. The van der Waals surface area contributed by atoms with Crippen LogP contribution in [0.15, 0.2) is 36.4 Å². The Bertz CT molecular complexity index is 580. The molecular formula is C11H7F3O3S. The van der Waals surface area contributed by atoms with Gasteiger partial charge in [0.2, 0.25) is 0 Å². The summed E-state index contributed by atoms with van der Waals surface area (Å²) in [6.45, 7) is 0. The first kappa shape index (κ1) is 14.1. The number of halogens is 3. The van der Waals surface area contributed by atoms with Crippen LogP contribution in [0.3, 0.4) is 0 Å². The van der Waals surface area contributed by atoms with E-state index in [1.807, 2.05) is 5.92 Å². The maximum Gasteiger partial charge on any atom is 0.534 e. The summed E-state index contributed by atoms with van der Waals surface area (Å²) in [5.74, 6) is 1.36. The Morgan fingerprint density at radius 1 is 1.28 bits per heavy atom. The predicted molar refractivity (Wildman–Crippen MR) is 59.3 cm³/mol. The molecule has 1 aromatic carbocycles. The SMILES string of the molecule is C#C/C=C(/OS(=O)(=O)C(F)(F)F)c1ccccc1. The van der Waals surface area contributed by atoms with Crippen molar-refractivity contribution in [1.82, 2.24) is 0 Å². The smallest absolute Gasteiger partial charge is 0.375 e. The number of terminal acetylenes is 1. The fraction of sp³-hybridized carbons (Fsp3) is 0.0909. The summed E-state index contributed by atoms with van der Waals surface area (Å²) < 4.78 is 62.2. The second kappa shape index (κ2) is 5.14. The van der Waals surface area contributed by atoms with E-state index in [1.54, 1.807) is 6.07 Å². The van der Waals surface area contributed by atoms with E-state index in [1.165, 1.54) is 24.3 Å². The van der Waals surface area contributed by atoms with E-state index in [-0.39, 0.29) is 5.56 Å². The van der Waals surface area contributed by atoms with Crippen LogP contribution in [0, 0.1) is 12.3 Å². The summed E-state index contributed by atoms with van der Waals surface area (Å²) in [4.78, 5) is 0. The Kier molecular flexibility index (Phi) is 4.03. The molecule has 0 N–H and O–H groups in total. The third-order valence-corrected chi connectivity index (χ3v) is 2.72. The second-order valence-electron chi connectivity index (χ2n) is 3.02.